The highest BCUT2D eigenvalue weighted by Gasteiger charge is 2.51. The summed E-state index contributed by atoms with van der Waals surface area (Å²) in [6.07, 6.45) is -0.682. The minimum atomic E-state index is -2.91. The monoisotopic (exact) mass is 425 g/mol. The van der Waals surface area contributed by atoms with Crippen LogP contribution in [0.1, 0.15) is 16.7 Å². The maximum absolute atomic E-state index is 13.1. The summed E-state index contributed by atoms with van der Waals surface area (Å²) in [4.78, 5) is 14.6. The smallest absolute Gasteiger partial charge is 0.387 e. The molecule has 2 unspecified atom stereocenters. The molecule has 1 fully saturated rings. The molecule has 5 nitrogen and oxygen atoms in total. The van der Waals surface area contributed by atoms with E-state index in [1.807, 2.05) is 24.3 Å². The van der Waals surface area contributed by atoms with E-state index in [0.29, 0.717) is 16.7 Å². The van der Waals surface area contributed by atoms with Crippen molar-refractivity contribution in [1.82, 2.24) is 10.2 Å². The van der Waals surface area contributed by atoms with Gasteiger partial charge in [-0.25, -0.2) is 0 Å². The van der Waals surface area contributed by atoms with Crippen molar-refractivity contribution >= 4 is 21.8 Å². The van der Waals surface area contributed by atoms with Gasteiger partial charge in [-0.05, 0) is 47.9 Å². The van der Waals surface area contributed by atoms with E-state index in [0.717, 1.165) is 4.47 Å². The molecule has 2 atom stereocenters. The second-order valence-electron chi connectivity index (χ2n) is 6.12. The molecule has 138 valence electrons. The lowest BCUT2D eigenvalue weighted by Gasteiger charge is -2.29. The van der Waals surface area contributed by atoms with Crippen LogP contribution in [-0.2, 0) is 10.3 Å². The van der Waals surface area contributed by atoms with Gasteiger partial charge in [-0.15, -0.1) is 0 Å². The molecular weight excluding hydrogens is 408 g/mol. The average Bonchev–Trinajstić information content (AvgIpc) is 2.81. The van der Waals surface area contributed by atoms with Gasteiger partial charge in [0.15, 0.2) is 5.54 Å². The highest BCUT2D eigenvalue weighted by Crippen LogP contribution is 2.38. The van der Waals surface area contributed by atoms with E-state index in [4.69, 9.17) is 5.73 Å². The molecule has 3 N–H and O–H groups in total. The lowest BCUT2D eigenvalue weighted by atomic mass is 9.82. The quantitative estimate of drug-likeness (QED) is 0.789. The van der Waals surface area contributed by atoms with Crippen LogP contribution in [-0.4, -0.2) is 30.8 Å². The van der Waals surface area contributed by atoms with Gasteiger partial charge < -0.3 is 9.64 Å². The van der Waals surface area contributed by atoms with Crippen molar-refractivity contribution in [3.63, 3.8) is 0 Å². The molecule has 0 saturated carbocycles. The summed E-state index contributed by atoms with van der Waals surface area (Å²) in [6, 6.07) is 12.0. The van der Waals surface area contributed by atoms with E-state index in [1.54, 1.807) is 26.1 Å². The van der Waals surface area contributed by atoms with Gasteiger partial charge in [0.2, 0.25) is 0 Å². The summed E-state index contributed by atoms with van der Waals surface area (Å²) in [5.74, 6) is -0.165. The van der Waals surface area contributed by atoms with E-state index < -0.39 is 18.4 Å². The largest absolute Gasteiger partial charge is 0.435 e. The summed E-state index contributed by atoms with van der Waals surface area (Å²) in [6.45, 7) is -1.26. The number of amides is 1. The predicted octanol–water partition coefficient (Wildman–Crippen LogP) is 2.91. The van der Waals surface area contributed by atoms with Crippen LogP contribution in [0.2, 0.25) is 0 Å². The van der Waals surface area contributed by atoms with Gasteiger partial charge in [0.25, 0.3) is 5.91 Å². The van der Waals surface area contributed by atoms with Crippen LogP contribution in [0, 0.1) is 6.92 Å². The Balaban J connectivity index is 2.17. The number of hydrogen-bond acceptors (Lipinski definition) is 4. The maximum Gasteiger partial charge on any atom is 0.387 e. The van der Waals surface area contributed by atoms with Gasteiger partial charge in [-0.3, -0.25) is 15.8 Å². The lowest BCUT2D eigenvalue weighted by molar-refractivity contribution is -0.131. The van der Waals surface area contributed by atoms with Gasteiger partial charge in [-0.2, -0.15) is 8.78 Å². The third-order valence-corrected chi connectivity index (χ3v) is 5.00. The Labute approximate surface area is 158 Å². The molecule has 26 heavy (non-hydrogen) atoms. The molecule has 8 heteroatoms. The van der Waals surface area contributed by atoms with Gasteiger partial charge >= 0.3 is 6.61 Å². The SMILES string of the molecule is Cc1cc(C2(c3cccc(Br)c3)NC(N)N(C)C2=O)ccc1OC(F)F. The van der Waals surface area contributed by atoms with E-state index in [1.165, 1.54) is 11.0 Å². The van der Waals surface area contributed by atoms with Gasteiger partial charge in [0.1, 0.15) is 12.0 Å². The number of alkyl halides is 2. The predicted molar refractivity (Wildman–Crippen MR) is 96.6 cm³/mol. The molecule has 0 aromatic heterocycles. The molecule has 0 bridgehead atoms. The summed E-state index contributed by atoms with van der Waals surface area (Å²) < 4.78 is 30.4. The standard InChI is InChI=1S/C18H18BrF2N3O2/c1-10-8-12(6-7-14(10)26-16(20)21)18(11-4-3-5-13(19)9-11)15(25)24(2)17(22)23-18/h3-9,16-17,23H,22H2,1-2H3. The normalized spacial score (nSPS) is 23.0. The molecule has 1 heterocycles. The van der Waals surface area contributed by atoms with Crippen molar-refractivity contribution in [1.29, 1.82) is 0 Å². The zero-order valence-electron chi connectivity index (χ0n) is 14.2. The molecule has 1 aliphatic heterocycles. The number of halogens is 3. The number of nitrogens with zero attached hydrogens (tertiary/aromatic N) is 1. The zero-order valence-corrected chi connectivity index (χ0v) is 15.8. The van der Waals surface area contributed by atoms with Crippen LogP contribution < -0.4 is 15.8 Å². The summed E-state index contributed by atoms with van der Waals surface area (Å²) >= 11 is 3.42. The third-order valence-electron chi connectivity index (χ3n) is 4.50. The van der Waals surface area contributed by atoms with Crippen LogP contribution in [0.4, 0.5) is 8.78 Å². The molecular formula is C18H18BrF2N3O2. The molecule has 1 amide bonds. The van der Waals surface area contributed by atoms with E-state index in [2.05, 4.69) is 26.0 Å². The van der Waals surface area contributed by atoms with Crippen LogP contribution in [0.3, 0.4) is 0 Å². The minimum absolute atomic E-state index is 0.0660. The number of hydrogen-bond donors (Lipinski definition) is 2. The van der Waals surface area contributed by atoms with E-state index in [9.17, 15) is 13.6 Å². The number of rotatable bonds is 4. The van der Waals surface area contributed by atoms with Crippen molar-refractivity contribution in [3.05, 3.63) is 63.6 Å². The Morgan fingerprint density at radius 1 is 1.27 bits per heavy atom. The average molecular weight is 426 g/mol. The first kappa shape index (κ1) is 18.8. The van der Waals surface area contributed by atoms with Gasteiger partial charge in [0.05, 0.1) is 0 Å². The number of carbonyl (C=O) groups is 1. The first-order valence-electron chi connectivity index (χ1n) is 7.88. The number of benzene rings is 2. The fourth-order valence-corrected chi connectivity index (χ4v) is 3.58. The minimum Gasteiger partial charge on any atom is -0.435 e. The highest BCUT2D eigenvalue weighted by atomic mass is 79.9. The van der Waals surface area contributed by atoms with Crippen LogP contribution in [0.25, 0.3) is 0 Å². The van der Waals surface area contributed by atoms with E-state index >= 15 is 0 Å². The Hall–Kier alpha value is -2.03. The summed E-state index contributed by atoms with van der Waals surface area (Å²) in [7, 11) is 1.61. The molecule has 2 aromatic carbocycles. The van der Waals surface area contributed by atoms with Crippen molar-refractivity contribution in [3.8, 4) is 5.75 Å². The number of ether oxygens (including phenoxy) is 1. The second-order valence-corrected chi connectivity index (χ2v) is 7.04. The molecule has 0 spiro atoms. The first-order chi connectivity index (χ1) is 12.3. The van der Waals surface area contributed by atoms with Crippen molar-refractivity contribution in [2.45, 2.75) is 25.4 Å². The van der Waals surface area contributed by atoms with Crippen LogP contribution >= 0.6 is 15.9 Å². The number of nitrogens with two attached hydrogens (primary N) is 1. The fourth-order valence-electron chi connectivity index (χ4n) is 3.18. The number of aryl methyl sites for hydroxylation is 1. The maximum atomic E-state index is 13.1. The molecule has 0 radical (unpaired) electrons. The Morgan fingerprint density at radius 2 is 1.96 bits per heavy atom. The molecule has 2 aromatic rings. The highest BCUT2D eigenvalue weighted by molar-refractivity contribution is 9.10. The summed E-state index contributed by atoms with van der Waals surface area (Å²) in [5.41, 5.74) is 6.62. The fraction of sp³-hybridized carbons (Fsp3) is 0.278. The third kappa shape index (κ3) is 3.08. The lowest BCUT2D eigenvalue weighted by Crippen LogP contribution is -2.48. The molecule has 3 rings (SSSR count). The Bertz CT molecular complexity index is 849. The van der Waals surface area contributed by atoms with E-state index in [-0.39, 0.29) is 11.7 Å². The summed E-state index contributed by atoms with van der Waals surface area (Å²) in [5, 5.41) is 3.16. The molecule has 1 aliphatic rings. The first-order valence-corrected chi connectivity index (χ1v) is 8.67. The van der Waals surface area contributed by atoms with Crippen molar-refractivity contribution in [2.75, 3.05) is 7.05 Å². The molecule has 1 saturated heterocycles. The van der Waals surface area contributed by atoms with Crippen LogP contribution in [0.15, 0.2) is 46.9 Å². The Kier molecular flexibility index (Phi) is 5.01. The van der Waals surface area contributed by atoms with Gasteiger partial charge in [0, 0.05) is 11.5 Å². The topological polar surface area (TPSA) is 67.6 Å². The Morgan fingerprint density at radius 3 is 2.50 bits per heavy atom. The van der Waals surface area contributed by atoms with Crippen molar-refractivity contribution in [2.24, 2.45) is 5.73 Å². The number of likely N-dealkylation sites (N-methyl/N-ethyl adjacent to an activating group) is 1. The van der Waals surface area contributed by atoms with Crippen LogP contribution in [0.5, 0.6) is 5.75 Å². The zero-order chi connectivity index (χ0) is 19.1. The van der Waals surface area contributed by atoms with Gasteiger partial charge in [-0.1, -0.05) is 34.1 Å². The van der Waals surface area contributed by atoms with Crippen molar-refractivity contribution < 1.29 is 18.3 Å². The number of carbonyl (C=O) groups excluding carboxylic acids is 1. The molecule has 0 aliphatic carbocycles. The second kappa shape index (κ2) is 6.94. The number of nitrogens with one attached hydrogen (secondary N) is 1.